The van der Waals surface area contributed by atoms with Crippen LogP contribution in [0.25, 0.3) is 11.3 Å². The first kappa shape index (κ1) is 17.2. The average Bonchev–Trinajstić information content (AvgIpc) is 3.00. The molecule has 0 saturated heterocycles. The highest BCUT2D eigenvalue weighted by Crippen LogP contribution is 2.29. The van der Waals surface area contributed by atoms with Crippen LogP contribution in [0.2, 0.25) is 0 Å². The van der Waals surface area contributed by atoms with Gasteiger partial charge in [0.15, 0.2) is 0 Å². The normalized spacial score (nSPS) is 12.2. The Balaban J connectivity index is 1.98. The van der Waals surface area contributed by atoms with E-state index in [1.807, 2.05) is 36.0 Å². The number of nitrogens with two attached hydrogens (primary N) is 1. The Morgan fingerprint density at radius 3 is 2.36 bits per heavy atom. The largest absolute Gasteiger partial charge is 0.497 e. The van der Waals surface area contributed by atoms with Crippen LogP contribution >= 0.6 is 0 Å². The van der Waals surface area contributed by atoms with Gasteiger partial charge in [-0.05, 0) is 60.9 Å². The molecular formula is C21H25N3O. The molecule has 0 fully saturated rings. The van der Waals surface area contributed by atoms with Gasteiger partial charge in [-0.2, -0.15) is 5.10 Å². The van der Waals surface area contributed by atoms with Crippen molar-refractivity contribution in [3.63, 3.8) is 0 Å². The second kappa shape index (κ2) is 7.11. The topological polar surface area (TPSA) is 53.1 Å². The molecule has 0 bridgehead atoms. The summed E-state index contributed by atoms with van der Waals surface area (Å²) in [6.07, 6.45) is 0. The lowest BCUT2D eigenvalue weighted by Crippen LogP contribution is -2.17. The van der Waals surface area contributed by atoms with Crippen LogP contribution < -0.4 is 10.5 Å². The summed E-state index contributed by atoms with van der Waals surface area (Å²) in [5, 5.41) is 4.69. The minimum absolute atomic E-state index is 0.129. The first-order valence-corrected chi connectivity index (χ1v) is 8.49. The molecule has 3 aromatic rings. The maximum Gasteiger partial charge on any atom is 0.118 e. The van der Waals surface area contributed by atoms with E-state index in [9.17, 15) is 0 Å². The van der Waals surface area contributed by atoms with Crippen molar-refractivity contribution < 1.29 is 4.74 Å². The highest BCUT2D eigenvalue weighted by molar-refractivity contribution is 5.61. The number of aromatic nitrogens is 2. The van der Waals surface area contributed by atoms with E-state index in [-0.39, 0.29) is 5.92 Å². The number of ether oxygens (including phenoxy) is 1. The maximum atomic E-state index is 6.12. The van der Waals surface area contributed by atoms with Crippen molar-refractivity contribution in [3.8, 4) is 17.0 Å². The van der Waals surface area contributed by atoms with Crippen LogP contribution in [0.4, 0.5) is 0 Å². The molecule has 4 heteroatoms. The summed E-state index contributed by atoms with van der Waals surface area (Å²) >= 11 is 0. The summed E-state index contributed by atoms with van der Waals surface area (Å²) in [6, 6.07) is 16.6. The zero-order valence-electron chi connectivity index (χ0n) is 15.3. The molecule has 1 unspecified atom stereocenters. The fraction of sp³-hybridized carbons (Fsp3) is 0.286. The standard InChI is InChI=1S/C21H25N3O/c1-14-5-6-17(11-15(14)2)19(13-22)21-12-20(23-24(21)3)16-7-9-18(25-4)10-8-16/h5-12,19H,13,22H2,1-4H3. The lowest BCUT2D eigenvalue weighted by Gasteiger charge is -2.17. The van der Waals surface area contributed by atoms with Crippen LogP contribution in [0.1, 0.15) is 28.3 Å². The molecule has 2 N–H and O–H groups in total. The third-order valence-electron chi connectivity index (χ3n) is 4.83. The summed E-state index contributed by atoms with van der Waals surface area (Å²) in [5.41, 5.74) is 13.1. The van der Waals surface area contributed by atoms with E-state index in [0.29, 0.717) is 6.54 Å². The van der Waals surface area contributed by atoms with Crippen molar-refractivity contribution >= 4 is 0 Å². The van der Waals surface area contributed by atoms with E-state index in [2.05, 4.69) is 38.1 Å². The molecule has 1 aromatic heterocycles. The second-order valence-corrected chi connectivity index (χ2v) is 6.44. The lowest BCUT2D eigenvalue weighted by molar-refractivity contribution is 0.415. The predicted octanol–water partition coefficient (Wildman–Crippen LogP) is 3.80. The molecule has 2 aromatic carbocycles. The first-order chi connectivity index (χ1) is 12.0. The number of hydrogen-bond acceptors (Lipinski definition) is 3. The average molecular weight is 335 g/mol. The molecule has 1 heterocycles. The van der Waals surface area contributed by atoms with Crippen LogP contribution in [-0.2, 0) is 7.05 Å². The second-order valence-electron chi connectivity index (χ2n) is 6.44. The van der Waals surface area contributed by atoms with Crippen LogP contribution in [0.15, 0.2) is 48.5 Å². The van der Waals surface area contributed by atoms with Gasteiger partial charge < -0.3 is 10.5 Å². The number of nitrogens with zero attached hydrogens (tertiary/aromatic N) is 2. The molecule has 25 heavy (non-hydrogen) atoms. The molecule has 0 aliphatic heterocycles. The fourth-order valence-electron chi connectivity index (χ4n) is 3.12. The molecule has 3 rings (SSSR count). The van der Waals surface area contributed by atoms with Crippen molar-refractivity contribution in [3.05, 3.63) is 70.9 Å². The predicted molar refractivity (Wildman–Crippen MR) is 102 cm³/mol. The van der Waals surface area contributed by atoms with Gasteiger partial charge in [0, 0.05) is 30.8 Å². The van der Waals surface area contributed by atoms with E-state index < -0.39 is 0 Å². The summed E-state index contributed by atoms with van der Waals surface area (Å²) in [6.45, 7) is 4.81. The summed E-state index contributed by atoms with van der Waals surface area (Å²) in [5.74, 6) is 0.971. The molecule has 0 aliphatic rings. The fourth-order valence-corrected chi connectivity index (χ4v) is 3.12. The van der Waals surface area contributed by atoms with Gasteiger partial charge >= 0.3 is 0 Å². The zero-order valence-corrected chi connectivity index (χ0v) is 15.3. The van der Waals surface area contributed by atoms with Crippen LogP contribution in [0, 0.1) is 13.8 Å². The number of benzene rings is 2. The zero-order chi connectivity index (χ0) is 18.0. The van der Waals surface area contributed by atoms with Crippen molar-refractivity contribution in [2.75, 3.05) is 13.7 Å². The minimum Gasteiger partial charge on any atom is -0.497 e. The quantitative estimate of drug-likeness (QED) is 0.771. The van der Waals surface area contributed by atoms with Crippen molar-refractivity contribution in [2.45, 2.75) is 19.8 Å². The van der Waals surface area contributed by atoms with Gasteiger partial charge in [-0.25, -0.2) is 0 Å². The van der Waals surface area contributed by atoms with Crippen molar-refractivity contribution in [2.24, 2.45) is 12.8 Å². The molecule has 0 radical (unpaired) electrons. The van der Waals surface area contributed by atoms with E-state index in [1.54, 1.807) is 7.11 Å². The SMILES string of the molecule is COc1ccc(-c2cc(C(CN)c3ccc(C)c(C)c3)n(C)n2)cc1. The molecule has 0 aliphatic carbocycles. The monoisotopic (exact) mass is 335 g/mol. The molecule has 4 nitrogen and oxygen atoms in total. The number of hydrogen-bond donors (Lipinski definition) is 1. The van der Waals surface area contributed by atoms with Crippen LogP contribution in [0.3, 0.4) is 0 Å². The summed E-state index contributed by atoms with van der Waals surface area (Å²) in [7, 11) is 3.65. The third kappa shape index (κ3) is 3.44. The van der Waals surface area contributed by atoms with E-state index in [1.165, 1.54) is 16.7 Å². The Kier molecular flexibility index (Phi) is 4.91. The highest BCUT2D eigenvalue weighted by Gasteiger charge is 2.19. The molecule has 0 amide bonds. The van der Waals surface area contributed by atoms with Gasteiger partial charge in [-0.1, -0.05) is 18.2 Å². The van der Waals surface area contributed by atoms with E-state index >= 15 is 0 Å². The van der Waals surface area contributed by atoms with Crippen molar-refractivity contribution in [1.82, 2.24) is 9.78 Å². The van der Waals surface area contributed by atoms with Gasteiger partial charge in [0.2, 0.25) is 0 Å². The summed E-state index contributed by atoms with van der Waals surface area (Å²) in [4.78, 5) is 0. The maximum absolute atomic E-state index is 6.12. The van der Waals surface area contributed by atoms with Crippen LogP contribution in [0.5, 0.6) is 5.75 Å². The van der Waals surface area contributed by atoms with Crippen molar-refractivity contribution in [1.29, 1.82) is 0 Å². The lowest BCUT2D eigenvalue weighted by atomic mass is 9.92. The van der Waals surface area contributed by atoms with E-state index in [4.69, 9.17) is 15.6 Å². The number of aryl methyl sites for hydroxylation is 3. The Morgan fingerprint density at radius 1 is 1.04 bits per heavy atom. The Bertz CT molecular complexity index is 865. The van der Waals surface area contributed by atoms with Gasteiger partial charge in [0.25, 0.3) is 0 Å². The van der Waals surface area contributed by atoms with Gasteiger partial charge in [-0.3, -0.25) is 4.68 Å². The Morgan fingerprint density at radius 2 is 1.76 bits per heavy atom. The molecule has 1 atom stereocenters. The molecule has 0 saturated carbocycles. The van der Waals surface area contributed by atoms with Gasteiger partial charge in [0.1, 0.15) is 5.75 Å². The van der Waals surface area contributed by atoms with Crippen LogP contribution in [-0.4, -0.2) is 23.4 Å². The minimum atomic E-state index is 0.129. The summed E-state index contributed by atoms with van der Waals surface area (Å²) < 4.78 is 7.16. The molecule has 130 valence electrons. The number of methoxy groups -OCH3 is 1. The Hall–Kier alpha value is -2.59. The smallest absolute Gasteiger partial charge is 0.118 e. The van der Waals surface area contributed by atoms with Gasteiger partial charge in [0.05, 0.1) is 12.8 Å². The third-order valence-corrected chi connectivity index (χ3v) is 4.83. The molecular weight excluding hydrogens is 310 g/mol. The van der Waals surface area contributed by atoms with Gasteiger partial charge in [-0.15, -0.1) is 0 Å². The first-order valence-electron chi connectivity index (χ1n) is 8.49. The number of rotatable bonds is 5. The Labute approximate surface area is 149 Å². The highest BCUT2D eigenvalue weighted by atomic mass is 16.5. The molecule has 0 spiro atoms. The van der Waals surface area contributed by atoms with E-state index in [0.717, 1.165) is 22.7 Å².